The molecule has 0 aromatic rings. The van der Waals surface area contributed by atoms with Gasteiger partial charge < -0.3 is 5.73 Å². The number of rotatable bonds is 5. The molecule has 0 amide bonds. The monoisotopic (exact) mass is 184 g/mol. The van der Waals surface area contributed by atoms with Crippen molar-refractivity contribution in [3.8, 4) is 0 Å². The van der Waals surface area contributed by atoms with E-state index in [0.717, 1.165) is 13.1 Å². The molecular weight excluding hydrogens is 160 g/mol. The van der Waals surface area contributed by atoms with Gasteiger partial charge in [-0.15, -0.1) is 0 Å². The molecule has 0 heterocycles. The van der Waals surface area contributed by atoms with E-state index in [1.165, 1.54) is 25.7 Å². The van der Waals surface area contributed by atoms with Crippen molar-refractivity contribution in [3.05, 3.63) is 0 Å². The highest BCUT2D eigenvalue weighted by molar-refractivity contribution is 4.95. The minimum absolute atomic E-state index is 0.152. The van der Waals surface area contributed by atoms with Crippen LogP contribution in [0.3, 0.4) is 0 Å². The average molecular weight is 184 g/mol. The lowest BCUT2D eigenvalue weighted by atomic mass is 9.77. The quantitative estimate of drug-likeness (QED) is 0.708. The minimum Gasteiger partial charge on any atom is -0.324 e. The molecule has 1 saturated carbocycles. The Hall–Kier alpha value is -0.0800. The summed E-state index contributed by atoms with van der Waals surface area (Å²) in [6.45, 7) is 9.00. The third-order valence-electron chi connectivity index (χ3n) is 3.49. The third-order valence-corrected chi connectivity index (χ3v) is 3.49. The normalized spacial score (nSPS) is 22.8. The van der Waals surface area contributed by atoms with Gasteiger partial charge in [-0.05, 0) is 39.2 Å². The van der Waals surface area contributed by atoms with Crippen LogP contribution in [0, 0.1) is 0 Å². The Morgan fingerprint density at radius 3 is 2.31 bits per heavy atom. The van der Waals surface area contributed by atoms with E-state index < -0.39 is 0 Å². The molecule has 1 unspecified atom stereocenters. The summed E-state index contributed by atoms with van der Waals surface area (Å²) < 4.78 is 0. The van der Waals surface area contributed by atoms with E-state index in [0.29, 0.717) is 6.04 Å². The first-order valence-corrected chi connectivity index (χ1v) is 5.64. The Kier molecular flexibility index (Phi) is 3.74. The van der Waals surface area contributed by atoms with Crippen LogP contribution < -0.4 is 5.73 Å². The first kappa shape index (κ1) is 11.0. The minimum atomic E-state index is 0.152. The van der Waals surface area contributed by atoms with Crippen LogP contribution in [0.15, 0.2) is 0 Å². The molecule has 0 aliphatic heterocycles. The van der Waals surface area contributed by atoms with Crippen LogP contribution in [0.5, 0.6) is 0 Å². The molecule has 1 fully saturated rings. The van der Waals surface area contributed by atoms with E-state index in [9.17, 15) is 0 Å². The lowest BCUT2D eigenvalue weighted by molar-refractivity contribution is 0.117. The number of hydrogen-bond acceptors (Lipinski definition) is 2. The first-order valence-electron chi connectivity index (χ1n) is 5.64. The summed E-state index contributed by atoms with van der Waals surface area (Å²) >= 11 is 0. The van der Waals surface area contributed by atoms with Gasteiger partial charge in [0.25, 0.3) is 0 Å². The maximum atomic E-state index is 6.23. The van der Waals surface area contributed by atoms with Gasteiger partial charge in [0.15, 0.2) is 0 Å². The zero-order valence-corrected chi connectivity index (χ0v) is 9.34. The van der Waals surface area contributed by atoms with Crippen molar-refractivity contribution < 1.29 is 0 Å². The van der Waals surface area contributed by atoms with E-state index in [4.69, 9.17) is 5.73 Å². The fraction of sp³-hybridized carbons (Fsp3) is 1.00. The fourth-order valence-corrected chi connectivity index (χ4v) is 2.03. The maximum Gasteiger partial charge on any atom is 0.0283 e. The highest BCUT2D eigenvalue weighted by atomic mass is 15.2. The molecule has 2 nitrogen and oxygen atoms in total. The predicted octanol–water partition coefficient (Wildman–Crippen LogP) is 1.99. The van der Waals surface area contributed by atoms with Gasteiger partial charge in [0.2, 0.25) is 0 Å². The molecule has 1 aliphatic carbocycles. The smallest absolute Gasteiger partial charge is 0.0283 e. The molecule has 1 atom stereocenters. The van der Waals surface area contributed by atoms with Crippen molar-refractivity contribution in [2.45, 2.75) is 58.0 Å². The molecule has 0 spiro atoms. The fourth-order valence-electron chi connectivity index (χ4n) is 2.03. The second-order valence-electron chi connectivity index (χ2n) is 4.54. The Morgan fingerprint density at radius 2 is 2.00 bits per heavy atom. The summed E-state index contributed by atoms with van der Waals surface area (Å²) in [4.78, 5) is 2.51. The van der Waals surface area contributed by atoms with Gasteiger partial charge in [-0.3, -0.25) is 4.90 Å². The van der Waals surface area contributed by atoms with Crippen LogP contribution in [0.1, 0.15) is 46.5 Å². The van der Waals surface area contributed by atoms with Gasteiger partial charge in [0.1, 0.15) is 0 Å². The first-order chi connectivity index (χ1) is 6.11. The summed E-state index contributed by atoms with van der Waals surface area (Å²) in [7, 11) is 0. The van der Waals surface area contributed by atoms with Gasteiger partial charge in [-0.1, -0.05) is 13.8 Å². The molecule has 0 aromatic heterocycles. The highest BCUT2D eigenvalue weighted by Crippen LogP contribution is 2.30. The molecule has 1 rings (SSSR count). The number of hydrogen-bond donors (Lipinski definition) is 1. The van der Waals surface area contributed by atoms with Crippen LogP contribution in [0.25, 0.3) is 0 Å². The van der Waals surface area contributed by atoms with Crippen LogP contribution in [-0.4, -0.2) is 29.6 Å². The second kappa shape index (κ2) is 4.43. The number of nitrogens with two attached hydrogens (primary N) is 1. The molecule has 13 heavy (non-hydrogen) atoms. The SMILES string of the molecule is CCC(C)N(CC)CC1(N)CCC1. The molecule has 0 radical (unpaired) electrons. The van der Waals surface area contributed by atoms with Gasteiger partial charge in [0.05, 0.1) is 0 Å². The summed E-state index contributed by atoms with van der Waals surface area (Å²) in [5.41, 5.74) is 6.38. The standard InChI is InChI=1S/C11H24N2/c1-4-10(3)13(5-2)9-11(12)7-6-8-11/h10H,4-9,12H2,1-3H3. The molecule has 0 aromatic carbocycles. The largest absolute Gasteiger partial charge is 0.324 e. The van der Waals surface area contributed by atoms with Crippen LogP contribution in [0.4, 0.5) is 0 Å². The molecule has 2 heteroatoms. The van der Waals surface area contributed by atoms with Crippen molar-refractivity contribution in [1.82, 2.24) is 4.90 Å². The third kappa shape index (κ3) is 2.68. The maximum absolute atomic E-state index is 6.23. The van der Waals surface area contributed by atoms with Crippen molar-refractivity contribution in [2.75, 3.05) is 13.1 Å². The van der Waals surface area contributed by atoms with E-state index in [2.05, 4.69) is 25.7 Å². The molecule has 78 valence electrons. The van der Waals surface area contributed by atoms with Crippen molar-refractivity contribution in [3.63, 3.8) is 0 Å². The zero-order chi connectivity index (χ0) is 9.90. The summed E-state index contributed by atoms with van der Waals surface area (Å²) in [6.07, 6.45) is 5.00. The molecule has 1 aliphatic rings. The molecular formula is C11H24N2. The summed E-state index contributed by atoms with van der Waals surface area (Å²) in [6, 6.07) is 0.686. The predicted molar refractivity (Wildman–Crippen MR) is 57.8 cm³/mol. The number of likely N-dealkylation sites (N-methyl/N-ethyl adjacent to an activating group) is 1. The average Bonchev–Trinajstić information content (AvgIpc) is 2.10. The van der Waals surface area contributed by atoms with Crippen LogP contribution >= 0.6 is 0 Å². The Bertz CT molecular complexity index is 152. The van der Waals surface area contributed by atoms with Crippen LogP contribution in [0.2, 0.25) is 0 Å². The number of nitrogens with zero attached hydrogens (tertiary/aromatic N) is 1. The van der Waals surface area contributed by atoms with Crippen LogP contribution in [-0.2, 0) is 0 Å². The van der Waals surface area contributed by atoms with Gasteiger partial charge in [-0.25, -0.2) is 0 Å². The topological polar surface area (TPSA) is 29.3 Å². The van der Waals surface area contributed by atoms with Gasteiger partial charge in [0, 0.05) is 18.1 Å². The lowest BCUT2D eigenvalue weighted by Gasteiger charge is -2.43. The Balaban J connectivity index is 2.38. The van der Waals surface area contributed by atoms with E-state index in [1.54, 1.807) is 0 Å². The van der Waals surface area contributed by atoms with E-state index in [1.807, 2.05) is 0 Å². The van der Waals surface area contributed by atoms with E-state index in [-0.39, 0.29) is 5.54 Å². The summed E-state index contributed by atoms with van der Waals surface area (Å²) in [5, 5.41) is 0. The molecule has 0 saturated heterocycles. The highest BCUT2D eigenvalue weighted by Gasteiger charge is 2.34. The van der Waals surface area contributed by atoms with Crippen molar-refractivity contribution in [2.24, 2.45) is 5.73 Å². The summed E-state index contributed by atoms with van der Waals surface area (Å²) in [5.74, 6) is 0. The van der Waals surface area contributed by atoms with Gasteiger partial charge >= 0.3 is 0 Å². The molecule has 0 bridgehead atoms. The van der Waals surface area contributed by atoms with Crippen molar-refractivity contribution in [1.29, 1.82) is 0 Å². The van der Waals surface area contributed by atoms with Gasteiger partial charge in [-0.2, -0.15) is 0 Å². The lowest BCUT2D eigenvalue weighted by Crippen LogP contribution is -2.56. The zero-order valence-electron chi connectivity index (χ0n) is 9.34. The van der Waals surface area contributed by atoms with E-state index >= 15 is 0 Å². The molecule has 2 N–H and O–H groups in total. The Labute approximate surface area is 82.5 Å². The van der Waals surface area contributed by atoms with Crippen molar-refractivity contribution >= 4 is 0 Å². The Morgan fingerprint density at radius 1 is 1.38 bits per heavy atom. The second-order valence-corrected chi connectivity index (χ2v) is 4.54.